The summed E-state index contributed by atoms with van der Waals surface area (Å²) in [7, 11) is 0. The van der Waals surface area contributed by atoms with Gasteiger partial charge in [-0.3, -0.25) is 34.3 Å². The molecule has 5 heterocycles. The van der Waals surface area contributed by atoms with Crippen molar-refractivity contribution in [2.24, 2.45) is 15.0 Å². The fraction of sp³-hybridized carbons (Fsp3) is 0.333. The van der Waals surface area contributed by atoms with E-state index in [-0.39, 0.29) is 24.5 Å². The quantitative estimate of drug-likeness (QED) is 0.0530. The van der Waals surface area contributed by atoms with Gasteiger partial charge in [0, 0.05) is 150 Å². The number of carbonyl (C=O) groups is 3. The first kappa shape index (κ1) is 72.1. The Hall–Kier alpha value is -8.16. The highest BCUT2D eigenvalue weighted by Crippen LogP contribution is 2.44. The molecule has 0 unspecified atom stereocenters. The second kappa shape index (κ2) is 36.3. The first-order valence-electron chi connectivity index (χ1n) is 35.1. The van der Waals surface area contributed by atoms with Gasteiger partial charge in [-0.05, 0) is 154 Å². The molecule has 3 amide bonds. The average molecular weight is 1400 g/mol. The van der Waals surface area contributed by atoms with Gasteiger partial charge in [0.25, 0.3) is 17.7 Å². The molecule has 0 atom stereocenters. The third-order valence-corrected chi connectivity index (χ3v) is 21.3. The van der Waals surface area contributed by atoms with Gasteiger partial charge >= 0.3 is 0 Å². The number of fused-ring (bicyclic) bond motifs is 7. The predicted molar refractivity (Wildman–Crippen MR) is 409 cm³/mol. The number of hydrogen-bond acceptors (Lipinski definition) is 14. The summed E-state index contributed by atoms with van der Waals surface area (Å²) in [4.78, 5) is 67.7. The van der Waals surface area contributed by atoms with Gasteiger partial charge in [-0.2, -0.15) is 0 Å². The van der Waals surface area contributed by atoms with E-state index in [1.807, 2.05) is 91.0 Å². The average Bonchev–Trinajstić information content (AvgIpc) is 1.69. The van der Waals surface area contributed by atoms with Gasteiger partial charge in [0.15, 0.2) is 11.5 Å². The number of piperazine rings is 1. The third kappa shape index (κ3) is 19.4. The van der Waals surface area contributed by atoms with E-state index in [2.05, 4.69) is 144 Å². The van der Waals surface area contributed by atoms with E-state index in [1.165, 1.54) is 62.7 Å². The number of aliphatic imine (C=N–C) groups is 3. The summed E-state index contributed by atoms with van der Waals surface area (Å²) in [5.41, 5.74) is 13.6. The molecule has 18 heteroatoms. The number of hydrogen-bond donors (Lipinski definition) is 3. The second-order valence-electron chi connectivity index (χ2n) is 25.0. The molecule has 99 heavy (non-hydrogen) atoms. The highest BCUT2D eigenvalue weighted by Gasteiger charge is 2.24. The van der Waals surface area contributed by atoms with Crippen molar-refractivity contribution < 1.29 is 23.9 Å². The maximum absolute atomic E-state index is 12.9. The molecule has 3 N–H and O–H groups in total. The first-order chi connectivity index (χ1) is 48.5. The molecule has 13 rings (SSSR count). The number of anilines is 1. The number of nitrogens with zero attached hydrogens (tertiary/aromatic N) is 6. The maximum atomic E-state index is 12.9. The number of benzene rings is 8. The van der Waals surface area contributed by atoms with E-state index in [0.717, 1.165) is 156 Å². The number of ether oxygens (including phenoxy) is 2. The molecule has 0 bridgehead atoms. The molecule has 1 saturated heterocycles. The summed E-state index contributed by atoms with van der Waals surface area (Å²) in [6, 6.07) is 56.5. The van der Waals surface area contributed by atoms with Gasteiger partial charge < -0.3 is 35.2 Å². The lowest BCUT2D eigenvalue weighted by atomic mass is 10.1. The highest BCUT2D eigenvalue weighted by atomic mass is 35.5. The van der Waals surface area contributed by atoms with Gasteiger partial charge in [-0.1, -0.05) is 180 Å². The van der Waals surface area contributed by atoms with Crippen LogP contribution in [-0.4, -0.2) is 117 Å². The van der Waals surface area contributed by atoms with Gasteiger partial charge in [0.05, 0.1) is 17.1 Å². The van der Waals surface area contributed by atoms with E-state index >= 15 is 0 Å². The minimum atomic E-state index is -0.125. The topological polar surface area (TPSA) is 153 Å². The molecule has 14 nitrogen and oxygen atoms in total. The second-order valence-corrected chi connectivity index (χ2v) is 28.7. The van der Waals surface area contributed by atoms with Gasteiger partial charge in [0.2, 0.25) is 6.79 Å². The highest BCUT2D eigenvalue weighted by molar-refractivity contribution is 8.00. The smallest absolute Gasteiger partial charge is 0.251 e. The molecule has 1 fully saturated rings. The summed E-state index contributed by atoms with van der Waals surface area (Å²) in [5.74, 6) is 1.26. The van der Waals surface area contributed by atoms with Crippen LogP contribution in [0.5, 0.6) is 11.5 Å². The molecule has 8 aromatic carbocycles. The lowest BCUT2D eigenvalue weighted by molar-refractivity contribution is 0.0939. The van der Waals surface area contributed by atoms with Gasteiger partial charge in [0.1, 0.15) is 0 Å². The maximum Gasteiger partial charge on any atom is 0.251 e. The van der Waals surface area contributed by atoms with Gasteiger partial charge in [-0.25, -0.2) is 0 Å². The molecular formula is C81H90ClN9O5S3. The summed E-state index contributed by atoms with van der Waals surface area (Å²) in [6.45, 7) is 20.7. The van der Waals surface area contributed by atoms with Crippen molar-refractivity contribution in [3.63, 3.8) is 0 Å². The molecule has 8 aromatic rings. The van der Waals surface area contributed by atoms with E-state index in [9.17, 15) is 14.4 Å². The minimum Gasteiger partial charge on any atom is -0.454 e. The summed E-state index contributed by atoms with van der Waals surface area (Å²) in [5, 5.41) is 9.99. The third-order valence-electron chi connectivity index (χ3n) is 17.7. The lowest BCUT2D eigenvalue weighted by Gasteiger charge is -2.36. The lowest BCUT2D eigenvalue weighted by Crippen LogP contribution is -2.48. The Morgan fingerprint density at radius 2 is 0.929 bits per heavy atom. The number of halogens is 1. The van der Waals surface area contributed by atoms with E-state index in [0.29, 0.717) is 42.1 Å². The van der Waals surface area contributed by atoms with Crippen molar-refractivity contribution in [2.75, 3.05) is 77.1 Å². The Morgan fingerprint density at radius 1 is 0.465 bits per heavy atom. The molecule has 5 aliphatic rings. The van der Waals surface area contributed by atoms with Crippen LogP contribution in [0.2, 0.25) is 5.02 Å². The number of unbranched alkanes of at least 4 members (excludes halogenated alkanes) is 2. The van der Waals surface area contributed by atoms with Crippen LogP contribution in [0.3, 0.4) is 0 Å². The van der Waals surface area contributed by atoms with E-state index in [4.69, 9.17) is 36.1 Å². The Morgan fingerprint density at radius 3 is 1.40 bits per heavy atom. The number of carbonyl (C=O) groups excluding carboxylic acids is 3. The van der Waals surface area contributed by atoms with Crippen LogP contribution in [0.15, 0.2) is 214 Å². The fourth-order valence-corrected chi connectivity index (χ4v) is 15.6. The molecule has 0 saturated carbocycles. The summed E-state index contributed by atoms with van der Waals surface area (Å²) in [6.07, 6.45) is 10.7. The van der Waals surface area contributed by atoms with Crippen LogP contribution in [0.25, 0.3) is 0 Å². The van der Waals surface area contributed by atoms with Crippen molar-refractivity contribution >= 4 is 104 Å². The Labute approximate surface area is 602 Å². The monoisotopic (exact) mass is 1400 g/mol. The first-order valence-corrected chi connectivity index (χ1v) is 38.0. The Kier molecular flexibility index (Phi) is 26.4. The van der Waals surface area contributed by atoms with Crippen molar-refractivity contribution in [3.05, 3.63) is 214 Å². The van der Waals surface area contributed by atoms with Crippen molar-refractivity contribution in [3.8, 4) is 11.5 Å². The van der Waals surface area contributed by atoms with Crippen LogP contribution in [0.1, 0.15) is 152 Å². The normalized spacial score (nSPS) is 14.0. The standard InChI is InChI=1S/C29H31ClN4OS.C27H37N3OS.C25H22N2O3S/c1-2-6-25-24-9-3-4-10-27(24)36-28-12-11-21(19-26(28)32-25)29(35)31-13-14-33-15-17-34(18-16-33)23-8-5-7-22(30)20-23;1-4-7-17-30(18-8-5-2)19-16-28-27(31)21-14-15-26-24(20-21)29-23(11-6-3)22-12-9-10-13-25(22)32-26;1-2-5-19-18-6-3-4-7-23(18)31-24-11-9-17(13-20(24)27-19)25(28)26-14-16-8-10-21-22(12-16)30-15-29-21/h3-5,7-12,19-20H,2,6,13-18H2,1H3,(H,31,35);9-10,12-15,20H,4-8,11,16-19H2,1-3H3,(H,28,31);3-4,6-13H,2,5,14-15H2,1H3,(H,26,28). The molecule has 5 aliphatic heterocycles. The van der Waals surface area contributed by atoms with E-state index < -0.39 is 0 Å². The number of rotatable bonds is 24. The number of amides is 3. The molecule has 0 aromatic heterocycles. The molecule has 0 aliphatic carbocycles. The van der Waals surface area contributed by atoms with Crippen molar-refractivity contribution in [2.45, 2.75) is 135 Å². The fourth-order valence-electron chi connectivity index (χ4n) is 12.3. The van der Waals surface area contributed by atoms with Crippen LogP contribution in [0.4, 0.5) is 22.7 Å². The zero-order valence-corrected chi connectivity index (χ0v) is 60.8. The minimum absolute atomic E-state index is 0.0160. The molecule has 0 spiro atoms. The number of nitrogens with one attached hydrogen (secondary N) is 3. The summed E-state index contributed by atoms with van der Waals surface area (Å²) >= 11 is 11.3. The largest absolute Gasteiger partial charge is 0.454 e. The van der Waals surface area contributed by atoms with Crippen molar-refractivity contribution in [1.29, 1.82) is 0 Å². The Balaban J connectivity index is 0.000000151. The van der Waals surface area contributed by atoms with E-state index in [1.54, 1.807) is 35.3 Å². The zero-order chi connectivity index (χ0) is 68.9. The predicted octanol–water partition coefficient (Wildman–Crippen LogP) is 18.7. The Bertz CT molecular complexity index is 4220. The SMILES string of the molecule is CCCC1=Nc2cc(C(=O)NCCN3CCN(c4cccc(Cl)c4)CC3)ccc2Sc2ccccc21.CCCC1=Nc2cc(C(=O)NCc3ccc4c(c3)OCO4)ccc2Sc2ccccc21.CCCCN(CCCC)CCNC(=O)c1ccc2c(c1)N=C(CCC)c1ccccc1S2. The summed E-state index contributed by atoms with van der Waals surface area (Å²) < 4.78 is 10.7. The molecule has 514 valence electrons. The van der Waals surface area contributed by atoms with Gasteiger partial charge in [-0.15, -0.1) is 0 Å². The van der Waals surface area contributed by atoms with Crippen LogP contribution in [-0.2, 0) is 6.54 Å². The molecule has 0 radical (unpaired) electrons. The van der Waals surface area contributed by atoms with Crippen LogP contribution in [0, 0.1) is 0 Å². The van der Waals surface area contributed by atoms with Crippen LogP contribution < -0.4 is 30.3 Å². The van der Waals surface area contributed by atoms with Crippen LogP contribution >= 0.6 is 46.9 Å². The molecular weight excluding hydrogens is 1310 g/mol. The zero-order valence-electron chi connectivity index (χ0n) is 57.5. The van der Waals surface area contributed by atoms with Crippen molar-refractivity contribution in [1.82, 2.24) is 25.8 Å².